The summed E-state index contributed by atoms with van der Waals surface area (Å²) >= 11 is 1.44. The molecule has 3 amide bonds. The number of carboxylic acids is 1. The maximum absolute atomic E-state index is 14.2. The fraction of sp³-hybridized carbons (Fsp3) is 0.303. The summed E-state index contributed by atoms with van der Waals surface area (Å²) in [5.41, 5.74) is 0.808. The Labute approximate surface area is 266 Å². The fourth-order valence-corrected chi connectivity index (χ4v) is 4.92. The van der Waals surface area contributed by atoms with Gasteiger partial charge in [0.2, 0.25) is 0 Å². The van der Waals surface area contributed by atoms with Crippen LogP contribution in [0.15, 0.2) is 65.6 Å². The van der Waals surface area contributed by atoms with Crippen molar-refractivity contribution >= 4 is 41.6 Å². The Kier molecular flexibility index (Phi) is 11.0. The molecular formula is C33H36N2O9S. The van der Waals surface area contributed by atoms with Crippen LogP contribution in [0.5, 0.6) is 5.75 Å². The number of carboxylic acid groups (broad SMARTS) is 1. The quantitative estimate of drug-likeness (QED) is 0.135. The van der Waals surface area contributed by atoms with Crippen LogP contribution in [0.25, 0.3) is 0 Å². The highest BCUT2D eigenvalue weighted by Gasteiger charge is 2.43. The first kappa shape index (κ1) is 34.6. The zero-order valence-corrected chi connectivity index (χ0v) is 27.2. The minimum absolute atomic E-state index is 0.0105. The Morgan fingerprint density at radius 2 is 1.42 bits per heavy atom. The van der Waals surface area contributed by atoms with E-state index in [-0.39, 0.29) is 16.7 Å². The molecule has 45 heavy (non-hydrogen) atoms. The number of imide groups is 1. The van der Waals surface area contributed by atoms with Gasteiger partial charge in [-0.3, -0.25) is 9.59 Å². The first-order valence-corrected chi connectivity index (χ1v) is 15.0. The Bertz CT molecular complexity index is 1590. The largest absolute Gasteiger partial charge is 0.496 e. The van der Waals surface area contributed by atoms with Crippen LogP contribution >= 0.6 is 11.8 Å². The van der Waals surface area contributed by atoms with Gasteiger partial charge < -0.3 is 19.3 Å². The smallest absolute Gasteiger partial charge is 0.440 e. The molecule has 3 rings (SSSR count). The molecule has 12 heteroatoms. The number of hydrogen-bond acceptors (Lipinski definition) is 9. The van der Waals surface area contributed by atoms with Crippen molar-refractivity contribution in [3.05, 3.63) is 94.0 Å². The van der Waals surface area contributed by atoms with E-state index in [1.165, 1.54) is 43.1 Å². The topological polar surface area (TPSA) is 140 Å². The van der Waals surface area contributed by atoms with Gasteiger partial charge in [-0.15, -0.1) is 16.8 Å². The second-order valence-electron chi connectivity index (χ2n) is 11.1. The Hall–Kier alpha value is -4.84. The van der Waals surface area contributed by atoms with Crippen LogP contribution in [0.4, 0.5) is 4.79 Å². The Morgan fingerprint density at radius 1 is 0.822 bits per heavy atom. The van der Waals surface area contributed by atoms with Gasteiger partial charge in [0.05, 0.1) is 18.2 Å². The van der Waals surface area contributed by atoms with Crippen molar-refractivity contribution in [2.45, 2.75) is 58.3 Å². The van der Waals surface area contributed by atoms with E-state index in [4.69, 9.17) is 14.2 Å². The highest BCUT2D eigenvalue weighted by Crippen LogP contribution is 2.28. The SMILES string of the molecule is COc1cccc(C(=O)N(C(=O)OC(OC(=O)c2ccc(SC)cc2)C(=O)O)N(C(=O)c2cc(C)cc(C)c2)C(C)(C)C)c1C. The molecule has 0 bridgehead atoms. The maximum Gasteiger partial charge on any atom is 0.440 e. The number of carbonyl (C=O) groups excluding carboxylic acids is 4. The van der Waals surface area contributed by atoms with E-state index >= 15 is 0 Å². The number of hydrogen-bond donors (Lipinski definition) is 1. The second kappa shape index (κ2) is 14.3. The lowest BCUT2D eigenvalue weighted by Crippen LogP contribution is -2.61. The fourth-order valence-electron chi connectivity index (χ4n) is 4.51. The van der Waals surface area contributed by atoms with Gasteiger partial charge >= 0.3 is 24.3 Å². The van der Waals surface area contributed by atoms with Crippen molar-refractivity contribution in [3.63, 3.8) is 0 Å². The van der Waals surface area contributed by atoms with E-state index in [2.05, 4.69) is 0 Å². The lowest BCUT2D eigenvalue weighted by atomic mass is 10.0. The van der Waals surface area contributed by atoms with Gasteiger partial charge in [0.15, 0.2) is 0 Å². The molecule has 238 valence electrons. The van der Waals surface area contributed by atoms with Crippen LogP contribution in [0.1, 0.15) is 68.5 Å². The minimum atomic E-state index is -2.45. The molecule has 0 heterocycles. The number of aryl methyl sites for hydroxylation is 2. The van der Waals surface area contributed by atoms with E-state index in [0.717, 1.165) is 21.0 Å². The van der Waals surface area contributed by atoms with Crippen LogP contribution in [0, 0.1) is 20.8 Å². The number of aliphatic carboxylic acids is 1. The van der Waals surface area contributed by atoms with E-state index in [0.29, 0.717) is 16.3 Å². The number of rotatable bonds is 8. The average molecular weight is 637 g/mol. The van der Waals surface area contributed by atoms with Gasteiger partial charge in [-0.25, -0.2) is 19.4 Å². The zero-order chi connectivity index (χ0) is 33.6. The average Bonchev–Trinajstić information content (AvgIpc) is 2.97. The predicted molar refractivity (Wildman–Crippen MR) is 167 cm³/mol. The van der Waals surface area contributed by atoms with E-state index in [1.807, 2.05) is 12.3 Å². The number of nitrogens with zero attached hydrogens (tertiary/aromatic N) is 2. The lowest BCUT2D eigenvalue weighted by Gasteiger charge is -2.41. The van der Waals surface area contributed by atoms with Gasteiger partial charge in [0.1, 0.15) is 5.75 Å². The maximum atomic E-state index is 14.2. The van der Waals surface area contributed by atoms with Crippen molar-refractivity contribution < 1.29 is 43.3 Å². The molecule has 0 aromatic heterocycles. The van der Waals surface area contributed by atoms with Crippen LogP contribution in [0.3, 0.4) is 0 Å². The standard InChI is InChI=1S/C33H36N2O9S/c1-19-16-20(2)18-23(17-19)27(36)35(33(4,5)6)34(28(37)25-10-9-11-26(42-7)21(25)3)32(41)44-31(29(38)39)43-30(40)22-12-14-24(45-8)15-13-22/h9-18,31H,1-8H3,(H,38,39). The van der Waals surface area contributed by atoms with Crippen molar-refractivity contribution in [1.29, 1.82) is 0 Å². The predicted octanol–water partition coefficient (Wildman–Crippen LogP) is 6.04. The summed E-state index contributed by atoms with van der Waals surface area (Å²) in [7, 11) is 1.41. The summed E-state index contributed by atoms with van der Waals surface area (Å²) in [6, 6.07) is 15.8. The minimum Gasteiger partial charge on any atom is -0.496 e. The third kappa shape index (κ3) is 8.21. The number of thioether (sulfide) groups is 1. The van der Waals surface area contributed by atoms with Crippen LogP contribution < -0.4 is 4.74 Å². The van der Waals surface area contributed by atoms with Crippen molar-refractivity contribution in [3.8, 4) is 5.75 Å². The molecule has 3 aromatic carbocycles. The molecule has 0 aliphatic heterocycles. The van der Waals surface area contributed by atoms with Gasteiger partial charge in [-0.1, -0.05) is 23.3 Å². The molecule has 1 unspecified atom stereocenters. The van der Waals surface area contributed by atoms with E-state index < -0.39 is 41.7 Å². The molecule has 0 saturated heterocycles. The number of hydrazine groups is 1. The number of amides is 3. The summed E-state index contributed by atoms with van der Waals surface area (Å²) in [5.74, 6) is -4.30. The van der Waals surface area contributed by atoms with Crippen molar-refractivity contribution in [2.75, 3.05) is 13.4 Å². The monoisotopic (exact) mass is 636 g/mol. The van der Waals surface area contributed by atoms with Crippen molar-refractivity contribution in [2.24, 2.45) is 0 Å². The molecular weight excluding hydrogens is 600 g/mol. The summed E-state index contributed by atoms with van der Waals surface area (Å²) in [6.07, 6.45) is -2.17. The van der Waals surface area contributed by atoms with Gasteiger partial charge in [0.25, 0.3) is 11.8 Å². The normalized spacial score (nSPS) is 11.6. The third-order valence-electron chi connectivity index (χ3n) is 6.55. The molecule has 0 spiro atoms. The first-order valence-electron chi connectivity index (χ1n) is 13.8. The summed E-state index contributed by atoms with van der Waals surface area (Å²) in [4.78, 5) is 68.0. The molecule has 3 aromatic rings. The molecule has 1 N–H and O–H groups in total. The highest BCUT2D eigenvalue weighted by molar-refractivity contribution is 7.98. The number of benzene rings is 3. The third-order valence-corrected chi connectivity index (χ3v) is 7.29. The molecule has 0 fully saturated rings. The molecule has 0 aliphatic carbocycles. The molecule has 0 aliphatic rings. The zero-order valence-electron chi connectivity index (χ0n) is 26.4. The highest BCUT2D eigenvalue weighted by atomic mass is 32.2. The Morgan fingerprint density at radius 3 is 1.93 bits per heavy atom. The van der Waals surface area contributed by atoms with E-state index in [1.54, 1.807) is 71.9 Å². The van der Waals surface area contributed by atoms with Crippen LogP contribution in [-0.4, -0.2) is 70.2 Å². The molecule has 1 atom stereocenters. The molecule has 0 radical (unpaired) electrons. The van der Waals surface area contributed by atoms with Gasteiger partial charge in [-0.05, 0) is 96.3 Å². The van der Waals surface area contributed by atoms with Crippen LogP contribution in [0.2, 0.25) is 0 Å². The number of esters is 1. The second-order valence-corrected chi connectivity index (χ2v) is 12.0. The number of carbonyl (C=O) groups is 5. The summed E-state index contributed by atoms with van der Waals surface area (Å²) in [5, 5.41) is 11.2. The first-order chi connectivity index (χ1) is 21.1. The Balaban J connectivity index is 2.11. The van der Waals surface area contributed by atoms with Gasteiger partial charge in [0, 0.05) is 21.6 Å². The number of methoxy groups -OCH3 is 1. The summed E-state index contributed by atoms with van der Waals surface area (Å²) in [6.45, 7) is 9.95. The van der Waals surface area contributed by atoms with Crippen LogP contribution in [-0.2, 0) is 14.3 Å². The summed E-state index contributed by atoms with van der Waals surface area (Å²) < 4.78 is 15.5. The number of ether oxygens (including phenoxy) is 3. The molecule has 11 nitrogen and oxygen atoms in total. The lowest BCUT2D eigenvalue weighted by molar-refractivity contribution is -0.170. The van der Waals surface area contributed by atoms with E-state index in [9.17, 15) is 29.1 Å². The van der Waals surface area contributed by atoms with Gasteiger partial charge in [-0.2, -0.15) is 0 Å². The molecule has 0 saturated carbocycles. The van der Waals surface area contributed by atoms with Crippen molar-refractivity contribution in [1.82, 2.24) is 10.0 Å².